The normalized spacial score (nSPS) is 10.5. The maximum atomic E-state index is 11.8. The summed E-state index contributed by atoms with van der Waals surface area (Å²) in [6.45, 7) is 0. The van der Waals surface area contributed by atoms with E-state index in [9.17, 15) is 4.79 Å². The van der Waals surface area contributed by atoms with Gasteiger partial charge >= 0.3 is 0 Å². The number of aromatic amines is 1. The van der Waals surface area contributed by atoms with Crippen LogP contribution in [0.15, 0.2) is 45.2 Å². The largest absolute Gasteiger partial charge is 0.354 e. The first-order valence-electron chi connectivity index (χ1n) is 5.24. The van der Waals surface area contributed by atoms with Crippen LogP contribution in [-0.4, -0.2) is 11.2 Å². The van der Waals surface area contributed by atoms with E-state index in [1.54, 1.807) is 30.5 Å². The summed E-state index contributed by atoms with van der Waals surface area (Å²) >= 11 is 14.6. The number of halogens is 2. The van der Waals surface area contributed by atoms with Crippen molar-refractivity contribution in [3.63, 3.8) is 0 Å². The average Bonchev–Trinajstić information content (AvgIpc) is 2.36. The zero-order valence-electron chi connectivity index (χ0n) is 9.87. The van der Waals surface area contributed by atoms with Crippen LogP contribution in [0.4, 0.5) is 5.69 Å². The van der Waals surface area contributed by atoms with Gasteiger partial charge in [0.2, 0.25) is 5.43 Å². The summed E-state index contributed by atoms with van der Waals surface area (Å²) in [6.07, 6.45) is 3.55. The fraction of sp³-hybridized carbons (Fsp3) is 0.0833. The molecule has 100 valence electrons. The Balaban J connectivity index is 2.12. The molecule has 2 N–H and O–H groups in total. The third-order valence-electron chi connectivity index (χ3n) is 2.22. The van der Waals surface area contributed by atoms with Crippen molar-refractivity contribution in [1.82, 2.24) is 4.98 Å². The highest BCUT2D eigenvalue weighted by atomic mass is 35.5. The maximum Gasteiger partial charge on any atom is 0.206 e. The van der Waals surface area contributed by atoms with Gasteiger partial charge in [0.15, 0.2) is 0 Å². The van der Waals surface area contributed by atoms with E-state index >= 15 is 0 Å². The van der Waals surface area contributed by atoms with Crippen LogP contribution in [-0.2, 0) is 0 Å². The molecular formula is C12H10Cl2N2OS2. The predicted molar refractivity (Wildman–Crippen MR) is 84.8 cm³/mol. The van der Waals surface area contributed by atoms with Gasteiger partial charge in [-0.05, 0) is 36.4 Å². The number of nitrogens with one attached hydrogen (secondary N) is 2. The van der Waals surface area contributed by atoms with Gasteiger partial charge in [0, 0.05) is 27.2 Å². The summed E-state index contributed by atoms with van der Waals surface area (Å²) in [5, 5.41) is 1.94. The van der Waals surface area contributed by atoms with Crippen LogP contribution in [0, 0.1) is 0 Å². The molecule has 0 saturated heterocycles. The molecule has 0 aliphatic heterocycles. The molecule has 0 bridgehead atoms. The van der Waals surface area contributed by atoms with Gasteiger partial charge in [-0.15, -0.1) is 11.8 Å². The van der Waals surface area contributed by atoms with Crippen molar-refractivity contribution < 1.29 is 0 Å². The number of aromatic nitrogens is 1. The molecule has 1 heterocycles. The molecule has 0 fully saturated rings. The molecule has 0 spiro atoms. The Bertz CT molecular complexity index is 626. The van der Waals surface area contributed by atoms with Gasteiger partial charge in [0.25, 0.3) is 0 Å². The van der Waals surface area contributed by atoms with Crippen LogP contribution in [0.25, 0.3) is 0 Å². The summed E-state index contributed by atoms with van der Waals surface area (Å²) in [5.74, 6) is 0. The number of pyridine rings is 1. The molecule has 0 atom stereocenters. The van der Waals surface area contributed by atoms with Gasteiger partial charge < -0.3 is 9.71 Å². The van der Waals surface area contributed by atoms with Gasteiger partial charge in [-0.25, -0.2) is 0 Å². The van der Waals surface area contributed by atoms with Crippen molar-refractivity contribution in [1.29, 1.82) is 0 Å². The molecule has 3 nitrogen and oxygen atoms in total. The lowest BCUT2D eigenvalue weighted by atomic mass is 10.4. The maximum absolute atomic E-state index is 11.8. The van der Waals surface area contributed by atoms with E-state index in [2.05, 4.69) is 9.71 Å². The quantitative estimate of drug-likeness (QED) is 0.638. The minimum absolute atomic E-state index is 0.0660. The van der Waals surface area contributed by atoms with E-state index in [-0.39, 0.29) is 5.43 Å². The van der Waals surface area contributed by atoms with Crippen molar-refractivity contribution in [2.75, 3.05) is 11.0 Å². The van der Waals surface area contributed by atoms with Crippen LogP contribution in [0.1, 0.15) is 0 Å². The molecule has 1 aromatic carbocycles. The highest BCUT2D eigenvalue weighted by Crippen LogP contribution is 2.26. The monoisotopic (exact) mass is 332 g/mol. The molecule has 1 aromatic heterocycles. The second-order valence-electron chi connectivity index (χ2n) is 3.59. The van der Waals surface area contributed by atoms with E-state index in [1.165, 1.54) is 23.7 Å². The van der Waals surface area contributed by atoms with Crippen LogP contribution >= 0.6 is 46.9 Å². The Labute approximate surface area is 129 Å². The zero-order valence-corrected chi connectivity index (χ0v) is 13.0. The Morgan fingerprint density at radius 3 is 2.42 bits per heavy atom. The minimum atomic E-state index is -0.0660. The third-order valence-corrected chi connectivity index (χ3v) is 4.13. The highest BCUT2D eigenvalue weighted by molar-refractivity contribution is 8.00. The fourth-order valence-corrected chi connectivity index (χ4v) is 3.17. The number of hydrogen-bond acceptors (Lipinski definition) is 4. The highest BCUT2D eigenvalue weighted by Gasteiger charge is 2.03. The lowest BCUT2D eigenvalue weighted by molar-refractivity contribution is 1.13. The van der Waals surface area contributed by atoms with Crippen molar-refractivity contribution in [2.24, 2.45) is 0 Å². The third kappa shape index (κ3) is 4.11. The van der Waals surface area contributed by atoms with Gasteiger partial charge in [-0.1, -0.05) is 23.2 Å². The Hall–Kier alpha value is -0.750. The zero-order chi connectivity index (χ0) is 13.8. The van der Waals surface area contributed by atoms with Crippen LogP contribution in [0.3, 0.4) is 0 Å². The summed E-state index contributed by atoms with van der Waals surface area (Å²) in [6, 6.07) is 6.76. The lowest BCUT2D eigenvalue weighted by Crippen LogP contribution is -2.06. The number of rotatable bonds is 4. The minimum Gasteiger partial charge on any atom is -0.354 e. The van der Waals surface area contributed by atoms with E-state index in [1.807, 2.05) is 6.26 Å². The SMILES string of the molecule is CSc1cc(=O)c(NSc2cc(Cl)cc(Cl)c2)c[nH]1. The molecule has 0 radical (unpaired) electrons. The van der Waals surface area contributed by atoms with E-state index in [0.29, 0.717) is 15.7 Å². The average molecular weight is 333 g/mol. The van der Waals surface area contributed by atoms with E-state index in [4.69, 9.17) is 23.2 Å². The van der Waals surface area contributed by atoms with Crippen molar-refractivity contribution in [3.05, 3.63) is 50.7 Å². The Kier molecular flexibility index (Phi) is 5.10. The summed E-state index contributed by atoms with van der Waals surface area (Å²) < 4.78 is 2.98. The van der Waals surface area contributed by atoms with Crippen molar-refractivity contribution in [3.8, 4) is 0 Å². The molecule has 19 heavy (non-hydrogen) atoms. The summed E-state index contributed by atoms with van der Waals surface area (Å²) in [4.78, 5) is 15.7. The second kappa shape index (κ2) is 6.61. The van der Waals surface area contributed by atoms with Crippen LogP contribution in [0.2, 0.25) is 10.0 Å². The smallest absolute Gasteiger partial charge is 0.206 e. The van der Waals surface area contributed by atoms with E-state index in [0.717, 1.165) is 9.92 Å². The second-order valence-corrected chi connectivity index (χ2v) is 6.19. The Morgan fingerprint density at radius 1 is 1.16 bits per heavy atom. The van der Waals surface area contributed by atoms with Gasteiger partial charge in [-0.2, -0.15) is 0 Å². The van der Waals surface area contributed by atoms with Crippen LogP contribution < -0.4 is 10.2 Å². The number of hydrogen-bond donors (Lipinski definition) is 2. The first-order valence-corrected chi connectivity index (χ1v) is 8.04. The van der Waals surface area contributed by atoms with Crippen LogP contribution in [0.5, 0.6) is 0 Å². The molecule has 2 aromatic rings. The van der Waals surface area contributed by atoms with Crippen molar-refractivity contribution in [2.45, 2.75) is 9.92 Å². The molecule has 0 aliphatic rings. The number of benzene rings is 1. The number of thioether (sulfide) groups is 1. The Morgan fingerprint density at radius 2 is 1.84 bits per heavy atom. The molecule has 0 saturated carbocycles. The molecular weight excluding hydrogens is 323 g/mol. The topological polar surface area (TPSA) is 44.9 Å². The van der Waals surface area contributed by atoms with Crippen molar-refractivity contribution >= 4 is 52.6 Å². The van der Waals surface area contributed by atoms with E-state index < -0.39 is 0 Å². The molecule has 2 rings (SSSR count). The first kappa shape index (κ1) is 14.7. The van der Waals surface area contributed by atoms with Gasteiger partial charge in [0.1, 0.15) is 5.69 Å². The lowest BCUT2D eigenvalue weighted by Gasteiger charge is -2.06. The molecule has 0 unspecified atom stereocenters. The predicted octanol–water partition coefficient (Wildman–Crippen LogP) is 4.52. The summed E-state index contributed by atoms with van der Waals surface area (Å²) in [5.41, 5.74) is 0.419. The summed E-state index contributed by atoms with van der Waals surface area (Å²) in [7, 11) is 0. The molecule has 0 aliphatic carbocycles. The molecule has 0 amide bonds. The number of H-pyrrole nitrogens is 1. The number of anilines is 1. The standard InChI is InChI=1S/C12H10Cl2N2OS2/c1-18-12-5-11(17)10(6-15-12)16-19-9-3-7(13)2-8(14)4-9/h2-6,16H,1H3,(H,15,17). The van der Waals surface area contributed by atoms with Gasteiger partial charge in [0.05, 0.1) is 5.03 Å². The molecule has 7 heteroatoms. The fourth-order valence-electron chi connectivity index (χ4n) is 1.35. The first-order chi connectivity index (χ1) is 9.08. The van der Waals surface area contributed by atoms with Gasteiger partial charge in [-0.3, -0.25) is 4.79 Å².